The molecule has 0 aliphatic rings. The molecule has 1 aromatic heterocycles. The molecule has 0 spiro atoms. The van der Waals surface area contributed by atoms with E-state index in [0.717, 1.165) is 33.4 Å². The number of rotatable bonds is 6. The zero-order valence-electron chi connectivity index (χ0n) is 28.3. The predicted molar refractivity (Wildman–Crippen MR) is 196 cm³/mol. The highest BCUT2D eigenvalue weighted by molar-refractivity contribution is 5.61. The molecular weight excluding hydrogens is 579 g/mol. The molecule has 7 rings (SSSR count). The molecule has 0 N–H and O–H groups in total. The summed E-state index contributed by atoms with van der Waals surface area (Å²) >= 11 is 0. The third-order valence-corrected chi connectivity index (χ3v) is 8.63. The minimum Gasteiger partial charge on any atom is -0.246 e. The number of hydrogen-bond acceptors (Lipinski definition) is 1. The maximum Gasteiger partial charge on any atom is 0.113 e. The van der Waals surface area contributed by atoms with Crippen molar-refractivity contribution in [2.24, 2.45) is 0 Å². The second kappa shape index (κ2) is 13.9. The molecule has 1 heterocycles. The van der Waals surface area contributed by atoms with Crippen LogP contribution in [0.2, 0.25) is 0 Å². The lowest BCUT2D eigenvalue weighted by Gasteiger charge is -2.31. The minimum absolute atomic E-state index is 0.00961. The van der Waals surface area contributed by atoms with Crippen molar-refractivity contribution in [2.75, 3.05) is 0 Å². The lowest BCUT2D eigenvalue weighted by atomic mass is 9.70. The molecule has 0 fully saturated rings. The Kier molecular flexibility index (Phi) is 8.08. The van der Waals surface area contributed by atoms with Gasteiger partial charge in [-0.1, -0.05) is 200 Å². The van der Waals surface area contributed by atoms with E-state index in [-0.39, 0.29) is 17.8 Å². The summed E-state index contributed by atoms with van der Waals surface area (Å²) < 4.78 is 18.2. The zero-order valence-corrected chi connectivity index (χ0v) is 26.3. The van der Waals surface area contributed by atoms with Crippen LogP contribution in [0.25, 0.3) is 0 Å². The van der Waals surface area contributed by atoms with E-state index in [9.17, 15) is 0 Å². The van der Waals surface area contributed by atoms with Gasteiger partial charge in [-0.15, -0.1) is 0 Å². The van der Waals surface area contributed by atoms with Gasteiger partial charge in [0.15, 0.2) is 0 Å². The molecule has 0 atom stereocenters. The van der Waals surface area contributed by atoms with Crippen molar-refractivity contribution >= 4 is 0 Å². The van der Waals surface area contributed by atoms with Crippen LogP contribution in [0.3, 0.4) is 0 Å². The predicted octanol–water partition coefficient (Wildman–Crippen LogP) is 9.85. The highest BCUT2D eigenvalue weighted by atomic mass is 14.7. The van der Waals surface area contributed by atoms with Crippen LogP contribution in [-0.4, -0.2) is 4.98 Å². The lowest BCUT2D eigenvalue weighted by Crippen LogP contribution is -2.27. The van der Waals surface area contributed by atoms with Gasteiger partial charge >= 0.3 is 0 Å². The summed E-state index contributed by atoms with van der Waals surface area (Å²) in [4.78, 5) is 4.66. The van der Waals surface area contributed by atoms with E-state index in [1.54, 1.807) is 6.20 Å². The van der Waals surface area contributed by atoms with Crippen molar-refractivity contribution in [3.05, 3.63) is 245 Å². The molecule has 0 saturated carbocycles. The van der Waals surface area contributed by atoms with Crippen LogP contribution in [0.1, 0.15) is 47.4 Å². The Bertz CT molecular complexity index is 1960. The van der Waals surface area contributed by atoms with Gasteiger partial charge in [-0.25, -0.2) is 4.98 Å². The Labute approximate surface area is 286 Å². The van der Waals surface area contributed by atoms with Gasteiger partial charge in [-0.05, 0) is 51.4 Å². The van der Waals surface area contributed by atoms with Gasteiger partial charge in [0, 0.05) is 11.8 Å². The molecule has 6 aromatic carbocycles. The average Bonchev–Trinajstić information content (AvgIpc) is 3.20. The van der Waals surface area contributed by atoms with Crippen LogP contribution >= 0.6 is 0 Å². The summed E-state index contributed by atoms with van der Waals surface area (Å²) in [5.41, 5.74) is 4.99. The average molecular weight is 614 g/mol. The maximum atomic E-state index is 9.09. The van der Waals surface area contributed by atoms with E-state index < -0.39 is 10.8 Å². The molecule has 0 bridgehead atoms. The second-order valence-electron chi connectivity index (χ2n) is 11.5. The fourth-order valence-electron chi connectivity index (χ4n) is 6.32. The zero-order chi connectivity index (χ0) is 34.2. The summed E-state index contributed by atoms with van der Waals surface area (Å²) in [7, 11) is 0. The second-order valence-corrected chi connectivity index (χ2v) is 11.5. The SMILES string of the molecule is [2H]c1c(C#CC(c2ccccc2)(c2ccccc2)c2ccccc2)cnc(C#CC(c2ccccc2)(c2ccccc2)c2ccccc2)c1[2H]. The van der Waals surface area contributed by atoms with E-state index in [4.69, 9.17) is 2.74 Å². The van der Waals surface area contributed by atoms with Crippen molar-refractivity contribution in [3.8, 4) is 23.7 Å². The molecule has 48 heavy (non-hydrogen) atoms. The molecule has 0 radical (unpaired) electrons. The van der Waals surface area contributed by atoms with Gasteiger partial charge in [0.2, 0.25) is 0 Å². The molecule has 1 nitrogen and oxygen atoms in total. The number of pyridine rings is 1. The van der Waals surface area contributed by atoms with Gasteiger partial charge in [0.1, 0.15) is 16.5 Å². The van der Waals surface area contributed by atoms with Crippen molar-refractivity contribution < 1.29 is 2.74 Å². The van der Waals surface area contributed by atoms with Gasteiger partial charge < -0.3 is 0 Å². The summed E-state index contributed by atoms with van der Waals surface area (Å²) in [6, 6.07) is 61.1. The fourth-order valence-corrected chi connectivity index (χ4v) is 6.32. The van der Waals surface area contributed by atoms with Crippen LogP contribution in [0.5, 0.6) is 0 Å². The lowest BCUT2D eigenvalue weighted by molar-refractivity contribution is 0.809. The smallest absolute Gasteiger partial charge is 0.113 e. The summed E-state index contributed by atoms with van der Waals surface area (Å²) in [5, 5.41) is 0. The van der Waals surface area contributed by atoms with Crippen LogP contribution in [-0.2, 0) is 10.8 Å². The molecule has 0 aliphatic heterocycles. The van der Waals surface area contributed by atoms with Crippen LogP contribution in [0, 0.1) is 23.7 Å². The largest absolute Gasteiger partial charge is 0.246 e. The standard InChI is InChI=1S/C47H33N/c1-7-19-39(20-8-1)46(40-21-9-2-10-22-40,41-23-11-3-12-24-41)35-33-38-31-32-45(48-37-38)34-36-47(42-25-13-4-14-26-42,43-27-15-5-16-28-43)44-29-17-6-18-30-44/h1-32,37H/i31D,32D. The van der Waals surface area contributed by atoms with Crippen molar-refractivity contribution in [1.29, 1.82) is 0 Å². The molecule has 0 saturated heterocycles. The molecule has 226 valence electrons. The van der Waals surface area contributed by atoms with Gasteiger partial charge in [0.25, 0.3) is 0 Å². The quantitative estimate of drug-likeness (QED) is 0.134. The highest BCUT2D eigenvalue weighted by Crippen LogP contribution is 2.40. The topological polar surface area (TPSA) is 12.9 Å². The van der Waals surface area contributed by atoms with Gasteiger partial charge in [-0.2, -0.15) is 0 Å². The molecule has 7 aromatic rings. The fraction of sp³-hybridized carbons (Fsp3) is 0.0426. The monoisotopic (exact) mass is 613 g/mol. The maximum absolute atomic E-state index is 9.09. The first kappa shape index (κ1) is 27.9. The summed E-state index contributed by atoms with van der Waals surface area (Å²) in [5.74, 6) is 13.7. The number of benzene rings is 6. The van der Waals surface area contributed by atoms with E-state index in [2.05, 4.69) is 101 Å². The van der Waals surface area contributed by atoms with Crippen molar-refractivity contribution in [3.63, 3.8) is 0 Å². The van der Waals surface area contributed by atoms with E-state index in [0.29, 0.717) is 5.56 Å². The normalized spacial score (nSPS) is 11.6. The number of nitrogens with zero attached hydrogens (tertiary/aromatic N) is 1. The van der Waals surface area contributed by atoms with Gasteiger partial charge in [-0.3, -0.25) is 0 Å². The third-order valence-electron chi connectivity index (χ3n) is 8.63. The number of aromatic nitrogens is 1. The first-order valence-corrected chi connectivity index (χ1v) is 16.0. The van der Waals surface area contributed by atoms with E-state index in [1.807, 2.05) is 109 Å². The molecule has 0 unspecified atom stereocenters. The molecule has 0 amide bonds. The van der Waals surface area contributed by atoms with Crippen LogP contribution in [0.15, 0.2) is 200 Å². The highest BCUT2D eigenvalue weighted by Gasteiger charge is 2.35. The van der Waals surface area contributed by atoms with Crippen LogP contribution in [0.4, 0.5) is 0 Å². The molecule has 1 heteroatoms. The number of hydrogen-bond donors (Lipinski definition) is 0. The summed E-state index contributed by atoms with van der Waals surface area (Å²) in [6.07, 6.45) is 1.58. The van der Waals surface area contributed by atoms with Crippen molar-refractivity contribution in [2.45, 2.75) is 10.8 Å². The minimum atomic E-state index is -0.834. The van der Waals surface area contributed by atoms with Crippen LogP contribution < -0.4 is 0 Å². The Morgan fingerprint density at radius 2 is 0.667 bits per heavy atom. The Hall–Kier alpha value is -6.41. The van der Waals surface area contributed by atoms with Crippen molar-refractivity contribution in [1.82, 2.24) is 4.98 Å². The first-order chi connectivity index (χ1) is 24.6. The molecule has 0 aliphatic carbocycles. The third kappa shape index (κ3) is 5.94. The van der Waals surface area contributed by atoms with Gasteiger partial charge in [0.05, 0.1) is 2.74 Å². The Balaban J connectivity index is 1.38. The Morgan fingerprint density at radius 1 is 0.375 bits per heavy atom. The first-order valence-electron chi connectivity index (χ1n) is 17.0. The summed E-state index contributed by atoms with van der Waals surface area (Å²) in [6.45, 7) is 0. The Morgan fingerprint density at radius 3 is 0.979 bits per heavy atom. The van der Waals surface area contributed by atoms with E-state index in [1.165, 1.54) is 0 Å². The molecular formula is C47H33N. The van der Waals surface area contributed by atoms with E-state index >= 15 is 0 Å².